The van der Waals surface area contributed by atoms with Crippen LogP contribution in [-0.4, -0.2) is 16.2 Å². The average Bonchev–Trinajstić information content (AvgIpc) is 2.75. The molecule has 0 fully saturated rings. The highest BCUT2D eigenvalue weighted by molar-refractivity contribution is 7.71. The molecule has 3 aromatic rings. The van der Waals surface area contributed by atoms with Gasteiger partial charge in [0.2, 0.25) is 0 Å². The molecule has 0 unspecified atom stereocenters. The van der Waals surface area contributed by atoms with Gasteiger partial charge in [-0.25, -0.2) is 4.39 Å². The summed E-state index contributed by atoms with van der Waals surface area (Å²) in [5.74, 6) is 0.541. The molecule has 1 heterocycles. The van der Waals surface area contributed by atoms with Crippen LogP contribution in [0.2, 0.25) is 0 Å². The molecule has 5 heteroatoms. The lowest BCUT2D eigenvalue weighted by atomic mass is 10.2. The van der Waals surface area contributed by atoms with E-state index >= 15 is 0 Å². The van der Waals surface area contributed by atoms with E-state index in [2.05, 4.69) is 4.98 Å². The molecule has 0 aliphatic rings. The van der Waals surface area contributed by atoms with Gasteiger partial charge in [0.15, 0.2) is 4.77 Å². The molecule has 0 bridgehead atoms. The first-order chi connectivity index (χ1) is 10.1. The lowest BCUT2D eigenvalue weighted by molar-refractivity contribution is 0.340. The summed E-state index contributed by atoms with van der Waals surface area (Å²) in [7, 11) is 0. The highest BCUT2D eigenvalue weighted by Gasteiger charge is 2.10. The minimum absolute atomic E-state index is 0.242. The summed E-state index contributed by atoms with van der Waals surface area (Å²) in [4.78, 5) is 3.04. The summed E-state index contributed by atoms with van der Waals surface area (Å²) in [6.45, 7) is 4.29. The van der Waals surface area contributed by atoms with Gasteiger partial charge < -0.3 is 9.72 Å². The van der Waals surface area contributed by atoms with Crippen molar-refractivity contribution in [3.8, 4) is 11.4 Å². The van der Waals surface area contributed by atoms with Crippen molar-refractivity contribution < 1.29 is 9.13 Å². The fourth-order valence-corrected chi connectivity index (χ4v) is 2.68. The van der Waals surface area contributed by atoms with Crippen LogP contribution in [0.3, 0.4) is 0 Å². The maximum Gasteiger partial charge on any atom is 0.182 e. The summed E-state index contributed by atoms with van der Waals surface area (Å²) in [6, 6.07) is 11.0. The molecule has 2 aromatic carbocycles. The molecule has 1 N–H and O–H groups in total. The molecule has 0 saturated heterocycles. The van der Waals surface area contributed by atoms with Crippen molar-refractivity contribution in [3.63, 3.8) is 0 Å². The minimum atomic E-state index is -0.242. The third-order valence-electron chi connectivity index (χ3n) is 3.35. The molecule has 3 rings (SSSR count). The number of hydrogen-bond donors (Lipinski definition) is 1. The van der Waals surface area contributed by atoms with E-state index < -0.39 is 0 Å². The summed E-state index contributed by atoms with van der Waals surface area (Å²) in [6.07, 6.45) is 0. The summed E-state index contributed by atoms with van der Waals surface area (Å²) in [5, 5.41) is 0. The molecule has 0 aliphatic heterocycles. The van der Waals surface area contributed by atoms with Crippen molar-refractivity contribution in [1.82, 2.24) is 9.55 Å². The Morgan fingerprint density at radius 2 is 2.10 bits per heavy atom. The van der Waals surface area contributed by atoms with Gasteiger partial charge in [0, 0.05) is 6.07 Å². The lowest BCUT2D eigenvalue weighted by Gasteiger charge is -2.08. The average molecular weight is 302 g/mol. The van der Waals surface area contributed by atoms with E-state index in [1.54, 1.807) is 13.0 Å². The molecule has 108 valence electrons. The molecular weight excluding hydrogens is 287 g/mol. The second kappa shape index (κ2) is 5.33. The SMILES string of the molecule is CCOc1cccc(-n2c(=S)[nH]c3cc(F)c(C)cc32)c1. The van der Waals surface area contributed by atoms with Gasteiger partial charge in [0.05, 0.1) is 23.3 Å². The van der Waals surface area contributed by atoms with Crippen LogP contribution in [-0.2, 0) is 0 Å². The maximum atomic E-state index is 13.7. The maximum absolute atomic E-state index is 13.7. The first-order valence-corrected chi connectivity index (χ1v) is 7.15. The number of rotatable bonds is 3. The van der Waals surface area contributed by atoms with Crippen LogP contribution in [0.15, 0.2) is 36.4 Å². The molecular formula is C16H15FN2OS. The van der Waals surface area contributed by atoms with Crippen molar-refractivity contribution in [3.05, 3.63) is 52.5 Å². The Morgan fingerprint density at radius 3 is 2.86 bits per heavy atom. The number of imidazole rings is 1. The summed E-state index contributed by atoms with van der Waals surface area (Å²) >= 11 is 5.37. The number of nitrogens with zero attached hydrogens (tertiary/aromatic N) is 1. The Labute approximate surface area is 127 Å². The number of nitrogens with one attached hydrogen (secondary N) is 1. The zero-order valence-electron chi connectivity index (χ0n) is 11.8. The monoisotopic (exact) mass is 302 g/mol. The van der Waals surface area contributed by atoms with Crippen LogP contribution < -0.4 is 4.74 Å². The van der Waals surface area contributed by atoms with E-state index in [4.69, 9.17) is 17.0 Å². The quantitative estimate of drug-likeness (QED) is 0.720. The van der Waals surface area contributed by atoms with Gasteiger partial charge in [-0.15, -0.1) is 0 Å². The smallest absolute Gasteiger partial charge is 0.182 e. The predicted molar refractivity (Wildman–Crippen MR) is 84.3 cm³/mol. The fraction of sp³-hybridized carbons (Fsp3) is 0.188. The Kier molecular flexibility index (Phi) is 3.51. The number of halogens is 1. The number of benzene rings is 2. The van der Waals surface area contributed by atoms with Crippen LogP contribution >= 0.6 is 12.2 Å². The van der Waals surface area contributed by atoms with E-state index in [0.717, 1.165) is 17.0 Å². The summed E-state index contributed by atoms with van der Waals surface area (Å²) < 4.78 is 21.6. The first-order valence-electron chi connectivity index (χ1n) is 6.74. The van der Waals surface area contributed by atoms with Crippen molar-refractivity contribution in [2.75, 3.05) is 6.61 Å². The van der Waals surface area contributed by atoms with Crippen molar-refractivity contribution in [1.29, 1.82) is 0 Å². The number of hydrogen-bond acceptors (Lipinski definition) is 2. The summed E-state index contributed by atoms with van der Waals surface area (Å²) in [5.41, 5.74) is 3.02. The van der Waals surface area contributed by atoms with Gasteiger partial charge in [-0.2, -0.15) is 0 Å². The molecule has 3 nitrogen and oxygen atoms in total. The molecule has 0 radical (unpaired) electrons. The molecule has 21 heavy (non-hydrogen) atoms. The van der Waals surface area contributed by atoms with Crippen molar-refractivity contribution in [2.45, 2.75) is 13.8 Å². The Balaban J connectivity index is 2.24. The largest absolute Gasteiger partial charge is 0.494 e. The van der Waals surface area contributed by atoms with Gasteiger partial charge >= 0.3 is 0 Å². The van der Waals surface area contributed by atoms with E-state index in [0.29, 0.717) is 22.5 Å². The van der Waals surface area contributed by atoms with Gasteiger partial charge in [-0.05, 0) is 55.9 Å². The highest BCUT2D eigenvalue weighted by Crippen LogP contribution is 2.24. The van der Waals surface area contributed by atoms with Gasteiger partial charge in [0.1, 0.15) is 11.6 Å². The number of aromatic amines is 1. The normalized spacial score (nSPS) is 11.0. The highest BCUT2D eigenvalue weighted by atomic mass is 32.1. The van der Waals surface area contributed by atoms with E-state index in [1.807, 2.05) is 35.8 Å². The standard InChI is InChI=1S/C16H15FN2OS/c1-3-20-12-6-4-5-11(8-12)19-15-7-10(2)13(17)9-14(15)18-16(19)21/h4-9H,3H2,1-2H3,(H,18,21). The van der Waals surface area contributed by atoms with Crippen LogP contribution in [0.25, 0.3) is 16.7 Å². The molecule has 0 atom stereocenters. The molecule has 0 aliphatic carbocycles. The third-order valence-corrected chi connectivity index (χ3v) is 3.63. The van der Waals surface area contributed by atoms with Crippen LogP contribution in [0.1, 0.15) is 12.5 Å². The van der Waals surface area contributed by atoms with E-state index in [-0.39, 0.29) is 5.82 Å². The third kappa shape index (κ3) is 2.45. The van der Waals surface area contributed by atoms with Gasteiger partial charge in [-0.1, -0.05) is 6.07 Å². The number of H-pyrrole nitrogens is 1. The molecule has 0 spiro atoms. The second-order valence-corrected chi connectivity index (χ2v) is 5.20. The molecule has 0 amide bonds. The number of ether oxygens (including phenoxy) is 1. The number of aromatic nitrogens is 2. The predicted octanol–water partition coefficient (Wildman–Crippen LogP) is 4.53. The van der Waals surface area contributed by atoms with Crippen molar-refractivity contribution in [2.24, 2.45) is 0 Å². The zero-order valence-corrected chi connectivity index (χ0v) is 12.6. The molecule has 1 aromatic heterocycles. The zero-order chi connectivity index (χ0) is 15.0. The van der Waals surface area contributed by atoms with Gasteiger partial charge in [0.25, 0.3) is 0 Å². The topological polar surface area (TPSA) is 29.9 Å². The van der Waals surface area contributed by atoms with Gasteiger partial charge in [-0.3, -0.25) is 4.57 Å². The lowest BCUT2D eigenvalue weighted by Crippen LogP contribution is -1.97. The first kappa shape index (κ1) is 13.8. The van der Waals surface area contributed by atoms with Crippen molar-refractivity contribution >= 4 is 23.3 Å². The molecule has 0 saturated carbocycles. The Bertz CT molecular complexity index is 866. The fourth-order valence-electron chi connectivity index (χ4n) is 2.37. The van der Waals surface area contributed by atoms with E-state index in [1.165, 1.54) is 6.07 Å². The van der Waals surface area contributed by atoms with E-state index in [9.17, 15) is 4.39 Å². The second-order valence-electron chi connectivity index (χ2n) is 4.81. The number of fused-ring (bicyclic) bond motifs is 1. The number of aryl methyl sites for hydroxylation is 1. The minimum Gasteiger partial charge on any atom is -0.494 e. The van der Waals surface area contributed by atoms with Crippen LogP contribution in [0, 0.1) is 17.5 Å². The van der Waals surface area contributed by atoms with Crippen LogP contribution in [0.4, 0.5) is 4.39 Å². The Morgan fingerprint density at radius 1 is 1.29 bits per heavy atom. The van der Waals surface area contributed by atoms with Crippen LogP contribution in [0.5, 0.6) is 5.75 Å². The Hall–Kier alpha value is -2.14.